The summed E-state index contributed by atoms with van der Waals surface area (Å²) >= 11 is 0. The molecular weight excluding hydrogens is 154 g/mol. The third-order valence-corrected chi connectivity index (χ3v) is 2.70. The highest BCUT2D eigenvalue weighted by Gasteiger charge is 2.33. The summed E-state index contributed by atoms with van der Waals surface area (Å²) < 4.78 is 5.26. The number of carbonyl (C=O) groups is 1. The van der Waals surface area contributed by atoms with E-state index in [0.29, 0.717) is 17.9 Å². The summed E-state index contributed by atoms with van der Waals surface area (Å²) in [5, 5.41) is 0. The zero-order valence-corrected chi connectivity index (χ0v) is 7.45. The van der Waals surface area contributed by atoms with E-state index in [4.69, 9.17) is 4.74 Å². The van der Waals surface area contributed by atoms with Crippen molar-refractivity contribution in [1.82, 2.24) is 4.90 Å². The molecule has 0 N–H and O–H groups in total. The molecule has 0 aliphatic carbocycles. The molecule has 2 aliphatic rings. The number of rotatable bonds is 1. The molecule has 2 atom stereocenters. The lowest BCUT2D eigenvalue weighted by Crippen LogP contribution is -2.36. The summed E-state index contributed by atoms with van der Waals surface area (Å²) in [6.45, 7) is 4.64. The molecule has 3 nitrogen and oxygen atoms in total. The number of hydrogen-bond acceptors (Lipinski definition) is 2. The Morgan fingerprint density at radius 3 is 2.92 bits per heavy atom. The smallest absolute Gasteiger partial charge is 0.223 e. The molecule has 0 aromatic heterocycles. The van der Waals surface area contributed by atoms with Crippen LogP contribution >= 0.6 is 0 Å². The van der Waals surface area contributed by atoms with Gasteiger partial charge in [0.05, 0.1) is 12.6 Å². The van der Waals surface area contributed by atoms with Crippen molar-refractivity contribution >= 4 is 5.91 Å². The molecule has 2 rings (SSSR count). The van der Waals surface area contributed by atoms with Gasteiger partial charge < -0.3 is 9.64 Å². The minimum Gasteiger partial charge on any atom is -0.379 e. The Bertz CT molecular complexity index is 187. The number of hydrogen-bond donors (Lipinski definition) is 0. The van der Waals surface area contributed by atoms with Gasteiger partial charge >= 0.3 is 0 Å². The van der Waals surface area contributed by atoms with Gasteiger partial charge in [-0.15, -0.1) is 0 Å². The monoisotopic (exact) mass is 169 g/mol. The second-order valence-electron chi connectivity index (χ2n) is 3.87. The maximum Gasteiger partial charge on any atom is 0.223 e. The molecule has 2 saturated heterocycles. The fraction of sp³-hybridized carbons (Fsp3) is 0.889. The Morgan fingerprint density at radius 2 is 2.42 bits per heavy atom. The van der Waals surface area contributed by atoms with Gasteiger partial charge in [-0.25, -0.2) is 0 Å². The molecule has 12 heavy (non-hydrogen) atoms. The van der Waals surface area contributed by atoms with Crippen LogP contribution in [0, 0.1) is 5.92 Å². The average Bonchev–Trinajstić information content (AvgIpc) is 2.58. The second kappa shape index (κ2) is 3.05. The molecular formula is C9H15NO2. The molecule has 2 heterocycles. The summed E-state index contributed by atoms with van der Waals surface area (Å²) in [4.78, 5) is 13.4. The van der Waals surface area contributed by atoms with Crippen molar-refractivity contribution in [3.8, 4) is 0 Å². The van der Waals surface area contributed by atoms with E-state index in [9.17, 15) is 4.79 Å². The van der Waals surface area contributed by atoms with Gasteiger partial charge in [-0.3, -0.25) is 4.79 Å². The van der Waals surface area contributed by atoms with Crippen molar-refractivity contribution in [1.29, 1.82) is 0 Å². The van der Waals surface area contributed by atoms with Gasteiger partial charge in [0.15, 0.2) is 0 Å². The molecule has 0 bridgehead atoms. The van der Waals surface area contributed by atoms with Crippen LogP contribution in [0.5, 0.6) is 0 Å². The van der Waals surface area contributed by atoms with E-state index in [2.05, 4.69) is 6.92 Å². The minimum absolute atomic E-state index is 0.318. The first-order valence-electron chi connectivity index (χ1n) is 4.64. The largest absolute Gasteiger partial charge is 0.379 e. The van der Waals surface area contributed by atoms with Crippen molar-refractivity contribution in [3.05, 3.63) is 0 Å². The number of ether oxygens (including phenoxy) is 1. The summed E-state index contributed by atoms with van der Waals surface area (Å²) in [6.07, 6.45) is 1.76. The van der Waals surface area contributed by atoms with Gasteiger partial charge in [-0.1, -0.05) is 6.92 Å². The van der Waals surface area contributed by atoms with Crippen LogP contribution in [0.15, 0.2) is 0 Å². The molecule has 0 aromatic rings. The van der Waals surface area contributed by atoms with E-state index in [1.165, 1.54) is 0 Å². The molecule has 1 amide bonds. The maximum absolute atomic E-state index is 11.4. The standard InChI is InChI=1S/C9H15NO2/c1-7-4-9(11)10(5-7)8-2-3-12-6-8/h7-8H,2-6H2,1H3/t7?,8-/m1/s1. The topological polar surface area (TPSA) is 29.5 Å². The predicted molar refractivity (Wildman–Crippen MR) is 44.7 cm³/mol. The number of likely N-dealkylation sites (tertiary alicyclic amines) is 1. The Kier molecular flexibility index (Phi) is 2.05. The van der Waals surface area contributed by atoms with E-state index < -0.39 is 0 Å². The molecule has 68 valence electrons. The van der Waals surface area contributed by atoms with E-state index in [0.717, 1.165) is 32.6 Å². The van der Waals surface area contributed by atoms with Crippen LogP contribution in [-0.4, -0.2) is 36.6 Å². The second-order valence-corrected chi connectivity index (χ2v) is 3.87. The molecule has 0 saturated carbocycles. The van der Waals surface area contributed by atoms with Gasteiger partial charge in [-0.2, -0.15) is 0 Å². The summed E-state index contributed by atoms with van der Waals surface area (Å²) in [6, 6.07) is 0.377. The SMILES string of the molecule is CC1CC(=O)N([C@@H]2CCOC2)C1. The van der Waals surface area contributed by atoms with Crippen LogP contribution < -0.4 is 0 Å². The highest BCUT2D eigenvalue weighted by molar-refractivity contribution is 5.78. The van der Waals surface area contributed by atoms with E-state index in [-0.39, 0.29) is 0 Å². The first-order valence-corrected chi connectivity index (χ1v) is 4.64. The molecule has 3 heteroatoms. The first kappa shape index (κ1) is 8.05. The molecule has 0 spiro atoms. The molecule has 0 radical (unpaired) electrons. The van der Waals surface area contributed by atoms with Gasteiger partial charge in [0.1, 0.15) is 0 Å². The molecule has 2 aliphatic heterocycles. The lowest BCUT2D eigenvalue weighted by Gasteiger charge is -2.22. The lowest BCUT2D eigenvalue weighted by molar-refractivity contribution is -0.129. The van der Waals surface area contributed by atoms with Crippen LogP contribution in [0.1, 0.15) is 19.8 Å². The van der Waals surface area contributed by atoms with Crippen LogP contribution in [0.3, 0.4) is 0 Å². The van der Waals surface area contributed by atoms with Crippen LogP contribution in [0.2, 0.25) is 0 Å². The minimum atomic E-state index is 0.318. The van der Waals surface area contributed by atoms with Crippen molar-refractivity contribution in [2.45, 2.75) is 25.8 Å². The quantitative estimate of drug-likeness (QED) is 0.576. The third kappa shape index (κ3) is 1.33. The van der Waals surface area contributed by atoms with Gasteiger partial charge in [0, 0.05) is 19.6 Å². The maximum atomic E-state index is 11.4. The van der Waals surface area contributed by atoms with Crippen LogP contribution in [0.4, 0.5) is 0 Å². The summed E-state index contributed by atoms with van der Waals surface area (Å²) in [7, 11) is 0. The zero-order valence-electron chi connectivity index (χ0n) is 7.45. The molecule has 2 fully saturated rings. The number of amides is 1. The van der Waals surface area contributed by atoms with E-state index in [1.807, 2.05) is 4.90 Å². The van der Waals surface area contributed by atoms with Gasteiger partial charge in [-0.05, 0) is 12.3 Å². The van der Waals surface area contributed by atoms with Gasteiger partial charge in [0.2, 0.25) is 5.91 Å². The third-order valence-electron chi connectivity index (χ3n) is 2.70. The molecule has 0 aromatic carbocycles. The highest BCUT2D eigenvalue weighted by atomic mass is 16.5. The summed E-state index contributed by atoms with van der Waals surface area (Å²) in [5.41, 5.74) is 0. The Balaban J connectivity index is 1.98. The summed E-state index contributed by atoms with van der Waals surface area (Å²) in [5.74, 6) is 0.858. The number of carbonyl (C=O) groups excluding carboxylic acids is 1. The fourth-order valence-electron chi connectivity index (χ4n) is 2.04. The Hall–Kier alpha value is -0.570. The zero-order chi connectivity index (χ0) is 8.55. The van der Waals surface area contributed by atoms with Gasteiger partial charge in [0.25, 0.3) is 0 Å². The molecule has 1 unspecified atom stereocenters. The Labute approximate surface area is 72.7 Å². The number of nitrogens with zero attached hydrogens (tertiary/aromatic N) is 1. The van der Waals surface area contributed by atoms with E-state index >= 15 is 0 Å². The predicted octanol–water partition coefficient (Wildman–Crippen LogP) is 0.644. The van der Waals surface area contributed by atoms with Crippen molar-refractivity contribution < 1.29 is 9.53 Å². The van der Waals surface area contributed by atoms with Crippen molar-refractivity contribution in [3.63, 3.8) is 0 Å². The van der Waals surface area contributed by atoms with Crippen molar-refractivity contribution in [2.24, 2.45) is 5.92 Å². The van der Waals surface area contributed by atoms with E-state index in [1.54, 1.807) is 0 Å². The fourth-order valence-corrected chi connectivity index (χ4v) is 2.04. The van der Waals surface area contributed by atoms with Crippen molar-refractivity contribution in [2.75, 3.05) is 19.8 Å². The lowest BCUT2D eigenvalue weighted by atomic mass is 10.2. The van der Waals surface area contributed by atoms with Crippen LogP contribution in [0.25, 0.3) is 0 Å². The highest BCUT2D eigenvalue weighted by Crippen LogP contribution is 2.23. The first-order chi connectivity index (χ1) is 5.77. The van der Waals surface area contributed by atoms with Crippen LogP contribution in [-0.2, 0) is 9.53 Å². The normalized spacial score (nSPS) is 36.4. The Morgan fingerprint density at radius 1 is 1.58 bits per heavy atom. The average molecular weight is 169 g/mol.